The molecule has 0 saturated heterocycles. The first kappa shape index (κ1) is 18.2. The molecular formula is C12H13Cl3N2OS. The van der Waals surface area contributed by atoms with Crippen molar-refractivity contribution in [1.82, 2.24) is 0 Å². The molecule has 0 fully saturated rings. The number of nitrogen functional groups attached to an aromatic ring is 2. The topological polar surface area (TPSA) is 83.5 Å². The molecule has 7 heteroatoms. The number of hydrogen-bond acceptors (Lipinski definition) is 3. The molecule has 6 N–H and O–H groups in total. The molecule has 2 rings (SSSR count). The van der Waals surface area contributed by atoms with E-state index in [1.54, 1.807) is 24.3 Å². The predicted octanol–water partition coefficient (Wildman–Crippen LogP) is 3.91. The van der Waals surface area contributed by atoms with Crippen molar-refractivity contribution in [2.45, 2.75) is 9.79 Å². The highest BCUT2D eigenvalue weighted by Crippen LogP contribution is 2.37. The smallest absolute Gasteiger partial charge is 0.0456 e. The van der Waals surface area contributed by atoms with Crippen molar-refractivity contribution in [2.24, 2.45) is 0 Å². The van der Waals surface area contributed by atoms with Crippen molar-refractivity contribution in [3.8, 4) is 0 Å². The van der Waals surface area contributed by atoms with E-state index in [9.17, 15) is 0 Å². The van der Waals surface area contributed by atoms with Crippen LogP contribution in [0.1, 0.15) is 0 Å². The third kappa shape index (κ3) is 4.67. The summed E-state index contributed by atoms with van der Waals surface area (Å²) in [5.41, 5.74) is 13.1. The van der Waals surface area contributed by atoms with E-state index in [0.29, 0.717) is 21.4 Å². The summed E-state index contributed by atoms with van der Waals surface area (Å²) in [7, 11) is 0. The molecule has 0 amide bonds. The average molecular weight is 340 g/mol. The molecule has 0 heterocycles. The zero-order valence-corrected chi connectivity index (χ0v) is 12.8. The highest BCUT2D eigenvalue weighted by Gasteiger charge is 2.06. The van der Waals surface area contributed by atoms with Crippen LogP contribution in [0.4, 0.5) is 11.4 Å². The van der Waals surface area contributed by atoms with Crippen molar-refractivity contribution in [1.29, 1.82) is 0 Å². The van der Waals surface area contributed by atoms with Crippen LogP contribution in [0.15, 0.2) is 46.2 Å². The second-order valence-electron chi connectivity index (χ2n) is 3.47. The van der Waals surface area contributed by atoms with Crippen LogP contribution in [-0.4, -0.2) is 5.48 Å². The highest BCUT2D eigenvalue weighted by molar-refractivity contribution is 7.99. The van der Waals surface area contributed by atoms with Gasteiger partial charge in [0.15, 0.2) is 0 Å². The van der Waals surface area contributed by atoms with E-state index in [0.717, 1.165) is 9.79 Å². The van der Waals surface area contributed by atoms with Crippen LogP contribution in [0.5, 0.6) is 0 Å². The molecule has 104 valence electrons. The Morgan fingerprint density at radius 1 is 0.789 bits per heavy atom. The summed E-state index contributed by atoms with van der Waals surface area (Å²) < 4.78 is 0. The van der Waals surface area contributed by atoms with E-state index in [2.05, 4.69) is 0 Å². The molecule has 0 atom stereocenters. The first-order valence-corrected chi connectivity index (χ1v) is 6.41. The van der Waals surface area contributed by atoms with Gasteiger partial charge in [-0.2, -0.15) is 0 Å². The Bertz CT molecular complexity index is 517. The Kier molecular flexibility index (Phi) is 7.41. The Hall–Kier alpha value is -0.780. The predicted molar refractivity (Wildman–Crippen MR) is 86.7 cm³/mol. The highest BCUT2D eigenvalue weighted by atomic mass is 35.5. The van der Waals surface area contributed by atoms with Crippen LogP contribution in [0, 0.1) is 0 Å². The summed E-state index contributed by atoms with van der Waals surface area (Å²) >= 11 is 13.3. The fraction of sp³-hybridized carbons (Fsp3) is 0. The van der Waals surface area contributed by atoms with Gasteiger partial charge < -0.3 is 16.9 Å². The minimum absolute atomic E-state index is 0. The minimum atomic E-state index is 0. The van der Waals surface area contributed by atoms with E-state index < -0.39 is 0 Å². The van der Waals surface area contributed by atoms with Gasteiger partial charge in [0.05, 0.1) is 0 Å². The van der Waals surface area contributed by atoms with Crippen LogP contribution >= 0.6 is 47.4 Å². The van der Waals surface area contributed by atoms with Gasteiger partial charge in [-0.15, -0.1) is 12.4 Å². The summed E-state index contributed by atoms with van der Waals surface area (Å²) in [5.74, 6) is 0. The summed E-state index contributed by atoms with van der Waals surface area (Å²) in [4.78, 5) is 1.73. The lowest BCUT2D eigenvalue weighted by atomic mass is 10.3. The molecule has 0 aliphatic heterocycles. The zero-order chi connectivity index (χ0) is 12.4. The van der Waals surface area contributed by atoms with E-state index in [1.165, 1.54) is 11.8 Å². The third-order valence-corrected chi connectivity index (χ3v) is 3.79. The maximum absolute atomic E-state index is 5.93. The van der Waals surface area contributed by atoms with E-state index in [-0.39, 0.29) is 17.9 Å². The van der Waals surface area contributed by atoms with Crippen molar-refractivity contribution in [3.63, 3.8) is 0 Å². The Morgan fingerprint density at radius 3 is 1.53 bits per heavy atom. The van der Waals surface area contributed by atoms with Gasteiger partial charge in [-0.05, 0) is 36.4 Å². The second-order valence-corrected chi connectivity index (χ2v) is 5.42. The zero-order valence-electron chi connectivity index (χ0n) is 9.69. The third-order valence-electron chi connectivity index (χ3n) is 2.17. The minimum Gasteiger partial charge on any atom is -0.412 e. The standard InChI is InChI=1S/C12H10Cl2N2S.ClH.H2O/c13-7-1-3-9(15)11(5-7)17-12-6-8(14)2-4-10(12)16;;/h1-6H,15-16H2;1H;1H2. The molecule has 0 aliphatic carbocycles. The van der Waals surface area contributed by atoms with Crippen LogP contribution < -0.4 is 11.5 Å². The van der Waals surface area contributed by atoms with Gasteiger partial charge >= 0.3 is 0 Å². The quantitative estimate of drug-likeness (QED) is 0.814. The molecule has 3 nitrogen and oxygen atoms in total. The Labute approximate surface area is 132 Å². The Balaban J connectivity index is 0.00000162. The van der Waals surface area contributed by atoms with Gasteiger partial charge in [-0.1, -0.05) is 35.0 Å². The monoisotopic (exact) mass is 338 g/mol. The van der Waals surface area contributed by atoms with Crippen molar-refractivity contribution >= 4 is 58.7 Å². The summed E-state index contributed by atoms with van der Waals surface area (Å²) in [6.45, 7) is 0. The summed E-state index contributed by atoms with van der Waals surface area (Å²) in [6, 6.07) is 10.7. The lowest BCUT2D eigenvalue weighted by Gasteiger charge is -2.08. The molecule has 0 radical (unpaired) electrons. The summed E-state index contributed by atoms with van der Waals surface area (Å²) in [5, 5.41) is 1.28. The van der Waals surface area contributed by atoms with E-state index >= 15 is 0 Å². The van der Waals surface area contributed by atoms with Gasteiger partial charge in [0, 0.05) is 31.2 Å². The number of benzene rings is 2. The van der Waals surface area contributed by atoms with Gasteiger partial charge in [-0.3, -0.25) is 0 Å². The average Bonchev–Trinajstić information content (AvgIpc) is 2.28. The van der Waals surface area contributed by atoms with Crippen molar-refractivity contribution in [3.05, 3.63) is 46.4 Å². The normalized spacial score (nSPS) is 9.37. The molecule has 2 aromatic rings. The first-order chi connectivity index (χ1) is 8.06. The van der Waals surface area contributed by atoms with Gasteiger partial charge in [0.2, 0.25) is 0 Å². The molecule has 0 aromatic heterocycles. The largest absolute Gasteiger partial charge is 0.412 e. The molecule has 0 spiro atoms. The second kappa shape index (κ2) is 7.72. The molecule has 0 saturated carbocycles. The summed E-state index contributed by atoms with van der Waals surface area (Å²) in [6.07, 6.45) is 0. The number of hydrogen-bond donors (Lipinski definition) is 2. The van der Waals surface area contributed by atoms with Crippen LogP contribution in [0.25, 0.3) is 0 Å². The lowest BCUT2D eigenvalue weighted by Crippen LogP contribution is -1.91. The Morgan fingerprint density at radius 2 is 1.16 bits per heavy atom. The number of nitrogens with two attached hydrogens (primary N) is 2. The number of halogens is 3. The number of rotatable bonds is 2. The van der Waals surface area contributed by atoms with Crippen molar-refractivity contribution < 1.29 is 5.48 Å². The fourth-order valence-corrected chi connectivity index (χ4v) is 2.77. The van der Waals surface area contributed by atoms with E-state index in [4.69, 9.17) is 34.7 Å². The molecular weight excluding hydrogens is 327 g/mol. The number of anilines is 2. The first-order valence-electron chi connectivity index (χ1n) is 4.84. The SMILES string of the molecule is Cl.Nc1ccc(Cl)cc1Sc1cc(Cl)ccc1N.O. The molecule has 0 aliphatic rings. The van der Waals surface area contributed by atoms with Gasteiger partial charge in [0.1, 0.15) is 0 Å². The molecule has 0 bridgehead atoms. The van der Waals surface area contributed by atoms with E-state index in [1.807, 2.05) is 12.1 Å². The maximum atomic E-state index is 5.93. The molecule has 2 aromatic carbocycles. The molecule has 19 heavy (non-hydrogen) atoms. The van der Waals surface area contributed by atoms with Crippen LogP contribution in [0.2, 0.25) is 10.0 Å². The molecule has 0 unspecified atom stereocenters. The van der Waals surface area contributed by atoms with Gasteiger partial charge in [-0.25, -0.2) is 0 Å². The van der Waals surface area contributed by atoms with Crippen molar-refractivity contribution in [2.75, 3.05) is 11.5 Å². The fourth-order valence-electron chi connectivity index (χ4n) is 1.31. The van der Waals surface area contributed by atoms with Crippen LogP contribution in [-0.2, 0) is 0 Å². The maximum Gasteiger partial charge on any atom is 0.0456 e. The van der Waals surface area contributed by atoms with Crippen LogP contribution in [0.3, 0.4) is 0 Å². The lowest BCUT2D eigenvalue weighted by molar-refractivity contribution is 0.824. The van der Waals surface area contributed by atoms with Gasteiger partial charge in [0.25, 0.3) is 0 Å².